The first-order valence-electron chi connectivity index (χ1n) is 9.17. The minimum Gasteiger partial charge on any atom is -1.00 e. The van der Waals surface area contributed by atoms with E-state index >= 15 is 0 Å². The fraction of sp³-hybridized carbons (Fsp3) is 0.429. The van der Waals surface area contributed by atoms with Crippen LogP contribution in [0.5, 0.6) is 0 Å². The lowest BCUT2D eigenvalue weighted by atomic mass is 10.1. The number of hydrogen-bond acceptors (Lipinski definition) is 2. The second-order valence-electron chi connectivity index (χ2n) is 7.27. The first-order chi connectivity index (χ1) is 11.7. The molecule has 0 saturated carbocycles. The van der Waals surface area contributed by atoms with Crippen LogP contribution in [0.15, 0.2) is 48.5 Å². The van der Waals surface area contributed by atoms with Crippen molar-refractivity contribution in [2.45, 2.75) is 38.9 Å². The second kappa shape index (κ2) is 9.09. The molecule has 3 nitrogen and oxygen atoms in total. The van der Waals surface area contributed by atoms with E-state index in [0.29, 0.717) is 12.1 Å². The quantitative estimate of drug-likeness (QED) is 0.548. The van der Waals surface area contributed by atoms with Gasteiger partial charge in [0.1, 0.15) is 0 Å². The van der Waals surface area contributed by atoms with Crippen LogP contribution in [0.25, 0.3) is 21.8 Å². The molecule has 2 heterocycles. The third-order valence-corrected chi connectivity index (χ3v) is 5.17. The molecule has 0 amide bonds. The smallest absolute Gasteiger partial charge is 0.0491 e. The highest BCUT2D eigenvalue weighted by Crippen LogP contribution is 2.28. The molecule has 2 unspecified atom stereocenters. The van der Waals surface area contributed by atoms with Crippen LogP contribution < -0.4 is 30.1 Å². The van der Waals surface area contributed by atoms with E-state index < -0.39 is 0 Å². The van der Waals surface area contributed by atoms with E-state index in [1.54, 1.807) is 0 Å². The van der Waals surface area contributed by atoms with Crippen LogP contribution in [0.1, 0.15) is 20.3 Å². The molecule has 4 rings (SSSR count). The molecular formula is C21H27Cl2N3-2. The minimum absolute atomic E-state index is 0. The lowest BCUT2D eigenvalue weighted by Crippen LogP contribution is -3.00. The predicted octanol–water partition coefficient (Wildman–Crippen LogP) is -2.13. The molecule has 2 aromatic carbocycles. The molecule has 3 aromatic rings. The van der Waals surface area contributed by atoms with E-state index in [1.165, 1.54) is 34.8 Å². The maximum Gasteiger partial charge on any atom is 0.0491 e. The highest BCUT2D eigenvalue weighted by molar-refractivity contribution is 6.07. The topological polar surface area (TPSA) is 20.2 Å². The van der Waals surface area contributed by atoms with Gasteiger partial charge in [-0.1, -0.05) is 36.4 Å². The lowest BCUT2D eigenvalue weighted by molar-refractivity contribution is -0.001000. The molecule has 1 N–H and O–H groups in total. The summed E-state index contributed by atoms with van der Waals surface area (Å²) >= 11 is 0. The summed E-state index contributed by atoms with van der Waals surface area (Å²) in [6, 6.07) is 18.8. The number of aryl methyl sites for hydroxylation is 1. The molecule has 142 valence electrons. The van der Waals surface area contributed by atoms with Crippen molar-refractivity contribution in [2.24, 2.45) is 0 Å². The van der Waals surface area contributed by atoms with Gasteiger partial charge >= 0.3 is 0 Å². The standard InChI is InChI=1S/C21H27N3.2ClH/c1-16-14-23(15-17(2)22-16)12-7-13-24-20-10-5-3-8-18(20)19-9-4-6-11-21(19)24;;/h3-6,8-11,16-17,22H,7,12-15H2,1-2H3;2*1H/p-2. The third kappa shape index (κ3) is 4.17. The van der Waals surface area contributed by atoms with Gasteiger partial charge in [-0.2, -0.15) is 0 Å². The van der Waals surface area contributed by atoms with E-state index in [-0.39, 0.29) is 24.8 Å². The molecule has 0 bridgehead atoms. The van der Waals surface area contributed by atoms with Gasteiger partial charge in [0.05, 0.1) is 0 Å². The van der Waals surface area contributed by atoms with Crippen molar-refractivity contribution < 1.29 is 24.8 Å². The highest BCUT2D eigenvalue weighted by atomic mass is 35.5. The summed E-state index contributed by atoms with van der Waals surface area (Å²) in [4.78, 5) is 2.61. The Hall–Kier alpha value is -1.26. The van der Waals surface area contributed by atoms with Gasteiger partial charge in [-0.25, -0.2) is 0 Å². The zero-order valence-electron chi connectivity index (χ0n) is 15.5. The van der Waals surface area contributed by atoms with Gasteiger partial charge in [0.2, 0.25) is 0 Å². The van der Waals surface area contributed by atoms with Crippen molar-refractivity contribution in [2.75, 3.05) is 19.6 Å². The summed E-state index contributed by atoms with van der Waals surface area (Å²) in [5.74, 6) is 0. The van der Waals surface area contributed by atoms with E-state index in [1.807, 2.05) is 0 Å². The van der Waals surface area contributed by atoms with Gasteiger partial charge in [0.15, 0.2) is 0 Å². The second-order valence-corrected chi connectivity index (χ2v) is 7.27. The summed E-state index contributed by atoms with van der Waals surface area (Å²) in [5, 5.41) is 6.36. The zero-order valence-corrected chi connectivity index (χ0v) is 17.0. The lowest BCUT2D eigenvalue weighted by Gasteiger charge is -2.36. The van der Waals surface area contributed by atoms with Crippen LogP contribution in [-0.4, -0.2) is 41.2 Å². The number of halogens is 2. The Balaban J connectivity index is 0.00000121. The maximum absolute atomic E-state index is 3.61. The number of hydrogen-bond donors (Lipinski definition) is 1. The number of para-hydroxylation sites is 2. The monoisotopic (exact) mass is 391 g/mol. The molecule has 1 fully saturated rings. The van der Waals surface area contributed by atoms with Crippen LogP contribution >= 0.6 is 0 Å². The number of aromatic nitrogens is 1. The Bertz CT molecular complexity index is 782. The number of piperazine rings is 1. The minimum atomic E-state index is 0. The Morgan fingerprint density at radius 1 is 0.808 bits per heavy atom. The van der Waals surface area contributed by atoms with Crippen molar-refractivity contribution in [1.29, 1.82) is 0 Å². The van der Waals surface area contributed by atoms with Crippen LogP contribution in [0.4, 0.5) is 0 Å². The Kier molecular flexibility index (Phi) is 7.36. The van der Waals surface area contributed by atoms with E-state index in [2.05, 4.69) is 77.2 Å². The van der Waals surface area contributed by atoms with Gasteiger partial charge in [0, 0.05) is 53.5 Å². The molecule has 2 atom stereocenters. The van der Waals surface area contributed by atoms with Crippen LogP contribution in [0.2, 0.25) is 0 Å². The van der Waals surface area contributed by atoms with Crippen LogP contribution in [0, 0.1) is 0 Å². The summed E-state index contributed by atoms with van der Waals surface area (Å²) in [6.45, 7) is 9.16. The fourth-order valence-corrected chi connectivity index (χ4v) is 4.32. The van der Waals surface area contributed by atoms with Crippen LogP contribution in [0.3, 0.4) is 0 Å². The van der Waals surface area contributed by atoms with E-state index in [4.69, 9.17) is 0 Å². The molecule has 5 heteroatoms. The van der Waals surface area contributed by atoms with Crippen molar-refractivity contribution in [3.8, 4) is 0 Å². The van der Waals surface area contributed by atoms with E-state index in [9.17, 15) is 0 Å². The van der Waals surface area contributed by atoms with Crippen molar-refractivity contribution in [1.82, 2.24) is 14.8 Å². The van der Waals surface area contributed by atoms with Gasteiger partial charge < -0.3 is 39.6 Å². The maximum atomic E-state index is 3.61. The van der Waals surface area contributed by atoms with Gasteiger partial charge in [-0.05, 0) is 38.9 Å². The SMILES string of the molecule is CC1CN(CCCn2c3ccccc3c3ccccc32)CC(C)N1.[Cl-].[Cl-]. The summed E-state index contributed by atoms with van der Waals surface area (Å²) < 4.78 is 2.50. The molecule has 0 radical (unpaired) electrons. The molecule has 0 spiro atoms. The normalized spacial score (nSPS) is 20.7. The molecule has 1 aromatic heterocycles. The number of benzene rings is 2. The number of nitrogens with zero attached hydrogens (tertiary/aromatic N) is 2. The first kappa shape index (κ1) is 21.0. The van der Waals surface area contributed by atoms with Crippen molar-refractivity contribution >= 4 is 21.8 Å². The Morgan fingerprint density at radius 2 is 1.31 bits per heavy atom. The third-order valence-electron chi connectivity index (χ3n) is 5.17. The summed E-state index contributed by atoms with van der Waals surface area (Å²) in [5.41, 5.74) is 2.72. The number of nitrogens with one attached hydrogen (secondary N) is 1. The number of rotatable bonds is 4. The van der Waals surface area contributed by atoms with E-state index in [0.717, 1.165) is 19.6 Å². The van der Waals surface area contributed by atoms with Gasteiger partial charge in [-0.15, -0.1) is 0 Å². The molecule has 1 aliphatic rings. The van der Waals surface area contributed by atoms with Crippen molar-refractivity contribution in [3.05, 3.63) is 48.5 Å². The Morgan fingerprint density at radius 3 is 1.85 bits per heavy atom. The average Bonchev–Trinajstić information content (AvgIpc) is 2.89. The zero-order chi connectivity index (χ0) is 16.5. The number of fused-ring (bicyclic) bond motifs is 3. The molecule has 1 aliphatic heterocycles. The van der Waals surface area contributed by atoms with Gasteiger partial charge in [-0.3, -0.25) is 0 Å². The largest absolute Gasteiger partial charge is 1.00 e. The van der Waals surface area contributed by atoms with Crippen molar-refractivity contribution in [3.63, 3.8) is 0 Å². The predicted molar refractivity (Wildman–Crippen MR) is 103 cm³/mol. The molecule has 26 heavy (non-hydrogen) atoms. The van der Waals surface area contributed by atoms with Crippen LogP contribution in [-0.2, 0) is 6.54 Å². The average molecular weight is 392 g/mol. The Labute approximate surface area is 168 Å². The summed E-state index contributed by atoms with van der Waals surface area (Å²) in [7, 11) is 0. The molecular weight excluding hydrogens is 365 g/mol. The fourth-order valence-electron chi connectivity index (χ4n) is 4.32. The first-order valence-corrected chi connectivity index (χ1v) is 9.17. The summed E-state index contributed by atoms with van der Waals surface area (Å²) in [6.07, 6.45) is 1.20. The molecule has 0 aliphatic carbocycles. The highest BCUT2D eigenvalue weighted by Gasteiger charge is 2.20. The van der Waals surface area contributed by atoms with Gasteiger partial charge in [0.25, 0.3) is 0 Å². The molecule has 1 saturated heterocycles.